The molecule has 4 N–H and O–H groups in total. The van der Waals surface area contributed by atoms with Crippen LogP contribution in [0.4, 0.5) is 4.79 Å². The Bertz CT molecular complexity index is 2360. The maximum absolute atomic E-state index is 14.7. The molecule has 16 nitrogen and oxygen atoms in total. The molecule has 16 heteroatoms. The molecule has 1 unspecified atom stereocenters. The summed E-state index contributed by atoms with van der Waals surface area (Å²) in [5.41, 5.74) is 6.33. The summed E-state index contributed by atoms with van der Waals surface area (Å²) in [7, 11) is 3.09. The smallest absolute Gasteiger partial charge is 0.410 e. The molecule has 0 radical (unpaired) electrons. The Morgan fingerprint density at radius 1 is 1.10 bits per heavy atom. The van der Waals surface area contributed by atoms with E-state index in [4.69, 9.17) is 18.9 Å². The second kappa shape index (κ2) is 18.7. The number of carbonyl (C=O) groups excluding carboxylic acids is 4. The molecule has 3 aliphatic rings. The Morgan fingerprint density at radius 2 is 1.89 bits per heavy atom. The monoisotopic (exact) mass is 868 g/mol. The summed E-state index contributed by atoms with van der Waals surface area (Å²) in [6.07, 6.45) is 3.70. The van der Waals surface area contributed by atoms with Crippen molar-refractivity contribution in [2.24, 2.45) is 11.3 Å². The van der Waals surface area contributed by atoms with Crippen LogP contribution in [0.2, 0.25) is 0 Å². The number of benzene rings is 2. The van der Waals surface area contributed by atoms with Crippen molar-refractivity contribution in [1.82, 2.24) is 30.2 Å². The molecule has 4 atom stereocenters. The molecule has 4 aromatic rings. The quantitative estimate of drug-likeness (QED) is 0.129. The van der Waals surface area contributed by atoms with Gasteiger partial charge in [0.2, 0.25) is 11.6 Å². The highest BCUT2D eigenvalue weighted by Gasteiger charge is 2.46. The molecule has 2 aromatic carbocycles. The van der Waals surface area contributed by atoms with Crippen molar-refractivity contribution in [2.75, 3.05) is 40.5 Å². The minimum Gasteiger partial charge on any atom is -0.508 e. The number of methoxy groups -OCH3 is 1. The number of aliphatic hydroxyl groups is 1. The number of hydrogen-bond donors (Lipinski definition) is 4. The highest BCUT2D eigenvalue weighted by atomic mass is 16.6. The molecule has 7 rings (SSSR count). The number of rotatable bonds is 9. The SMILES string of the molecule is CCn1c(-c2cnccc2COC)c2c3cc(ccc31)-c1cc(O)cc(c1)C[C@](O)(NC(=O)[C@H](C(C)C)N(C)C(=O)OC1CCOC1)C(=O)N1CCC[C@H](N1)C(=O)OCC(C)(C)C2. The fourth-order valence-electron chi connectivity index (χ4n) is 9.12. The number of nitrogens with one attached hydrogen (secondary N) is 2. The van der Waals surface area contributed by atoms with E-state index >= 15 is 0 Å². The van der Waals surface area contributed by atoms with Gasteiger partial charge in [0.05, 0.1) is 32.1 Å². The second-order valence-electron chi connectivity index (χ2n) is 18.1. The number of hydrogen-bond acceptors (Lipinski definition) is 12. The summed E-state index contributed by atoms with van der Waals surface area (Å²) in [6, 6.07) is 10.7. The third kappa shape index (κ3) is 9.69. The molecule has 0 spiro atoms. The first-order chi connectivity index (χ1) is 30.0. The molecular formula is C47H60N6O10. The molecule has 5 heterocycles. The summed E-state index contributed by atoms with van der Waals surface area (Å²) in [5, 5.41) is 28.5. The number of nitrogens with zero attached hydrogens (tertiary/aromatic N) is 4. The lowest BCUT2D eigenvalue weighted by Gasteiger charge is -2.40. The van der Waals surface area contributed by atoms with Gasteiger partial charge in [0.25, 0.3) is 5.91 Å². The van der Waals surface area contributed by atoms with Crippen LogP contribution in [0.3, 0.4) is 0 Å². The number of ether oxygens (including phenoxy) is 4. The Morgan fingerprint density at radius 3 is 2.60 bits per heavy atom. The van der Waals surface area contributed by atoms with Crippen LogP contribution in [0.1, 0.15) is 70.6 Å². The van der Waals surface area contributed by atoms with Gasteiger partial charge in [-0.15, -0.1) is 0 Å². The number of esters is 1. The minimum atomic E-state index is -2.63. The third-order valence-electron chi connectivity index (χ3n) is 12.1. The number of cyclic esters (lactones) is 1. The molecule has 2 fully saturated rings. The molecule has 3 amide bonds. The Hall–Kier alpha value is -5.55. The van der Waals surface area contributed by atoms with Gasteiger partial charge in [-0.25, -0.2) is 10.2 Å². The van der Waals surface area contributed by atoms with Crippen molar-refractivity contribution < 1.29 is 48.3 Å². The normalized spacial score (nSPS) is 22.1. The van der Waals surface area contributed by atoms with E-state index in [9.17, 15) is 29.4 Å². The van der Waals surface area contributed by atoms with Gasteiger partial charge >= 0.3 is 12.1 Å². The van der Waals surface area contributed by atoms with Crippen LogP contribution in [0.15, 0.2) is 54.9 Å². The van der Waals surface area contributed by atoms with Gasteiger partial charge in [-0.1, -0.05) is 39.8 Å². The molecular weight excluding hydrogens is 809 g/mol. The van der Waals surface area contributed by atoms with Gasteiger partial charge in [0.15, 0.2) is 0 Å². The predicted octanol–water partition coefficient (Wildman–Crippen LogP) is 5.09. The number of aromatic hydroxyl groups is 1. The molecule has 2 aromatic heterocycles. The Kier molecular flexibility index (Phi) is 13.5. The van der Waals surface area contributed by atoms with Gasteiger partial charge in [-0.2, -0.15) is 0 Å². The van der Waals surface area contributed by atoms with Gasteiger partial charge in [0, 0.05) is 74.4 Å². The van der Waals surface area contributed by atoms with Crippen LogP contribution in [0.5, 0.6) is 5.75 Å². The number of hydrazine groups is 1. The number of pyridine rings is 1. The van der Waals surface area contributed by atoms with E-state index in [0.29, 0.717) is 56.6 Å². The van der Waals surface area contributed by atoms with Crippen molar-refractivity contribution in [3.63, 3.8) is 0 Å². The van der Waals surface area contributed by atoms with Crippen molar-refractivity contribution in [3.05, 3.63) is 71.5 Å². The fraction of sp³-hybridized carbons (Fsp3) is 0.511. The lowest BCUT2D eigenvalue weighted by atomic mass is 9.84. The lowest BCUT2D eigenvalue weighted by Crippen LogP contribution is -2.68. The summed E-state index contributed by atoms with van der Waals surface area (Å²) in [6.45, 7) is 11.5. The van der Waals surface area contributed by atoms with Crippen LogP contribution >= 0.6 is 0 Å². The number of aromatic nitrogens is 2. The van der Waals surface area contributed by atoms with Crippen LogP contribution in [0, 0.1) is 11.3 Å². The number of amides is 3. The molecule has 2 saturated heterocycles. The van der Waals surface area contributed by atoms with E-state index in [0.717, 1.165) is 48.8 Å². The average molecular weight is 869 g/mol. The van der Waals surface area contributed by atoms with Crippen molar-refractivity contribution in [2.45, 2.75) is 104 Å². The zero-order valence-electron chi connectivity index (χ0n) is 37.2. The number of fused-ring (bicyclic) bond motifs is 6. The largest absolute Gasteiger partial charge is 0.508 e. The number of likely N-dealkylation sites (N-methyl/N-ethyl adjacent to an activating group) is 1. The number of carbonyl (C=O) groups is 4. The standard InChI is InChI=1S/C47H60N6O10/c1-8-52-39-12-11-30-21-35(39)36(41(52)37-24-48-15-13-31(37)25-60-7)23-46(4,5)27-62-43(56)38-10-9-16-53(50-38)44(57)47(59,22-29-18-32(30)20-33(54)19-29)49-42(55)40(28(2)3)51(6)45(58)63-34-14-17-61-26-34/h11-13,15,18-21,24,28,34,38,40,50,54,59H,8-10,14,16-17,22-23,25-27H2,1-7H3,(H,49,55)/t34?,38-,40-,47+/m0/s1. The Balaban J connectivity index is 1.34. The summed E-state index contributed by atoms with van der Waals surface area (Å²) < 4.78 is 24.9. The molecule has 0 saturated carbocycles. The first-order valence-electron chi connectivity index (χ1n) is 21.7. The van der Waals surface area contributed by atoms with E-state index in [-0.39, 0.29) is 25.5 Å². The highest BCUT2D eigenvalue weighted by Crippen LogP contribution is 2.41. The van der Waals surface area contributed by atoms with Crippen molar-refractivity contribution >= 4 is 34.8 Å². The van der Waals surface area contributed by atoms with Crippen molar-refractivity contribution in [1.29, 1.82) is 0 Å². The fourth-order valence-corrected chi connectivity index (χ4v) is 9.12. The summed E-state index contributed by atoms with van der Waals surface area (Å²) >= 11 is 0. The molecule has 6 bridgehead atoms. The van der Waals surface area contributed by atoms with Gasteiger partial charge < -0.3 is 39.0 Å². The summed E-state index contributed by atoms with van der Waals surface area (Å²) in [5.74, 6) is -2.90. The third-order valence-corrected chi connectivity index (χ3v) is 12.1. The molecule has 0 aliphatic carbocycles. The minimum absolute atomic E-state index is 0.0596. The van der Waals surface area contributed by atoms with E-state index in [1.807, 2.05) is 38.2 Å². The van der Waals surface area contributed by atoms with Crippen LogP contribution in [-0.2, 0) is 59.3 Å². The number of phenols is 1. The van der Waals surface area contributed by atoms with E-state index in [2.05, 4.69) is 33.3 Å². The average Bonchev–Trinajstić information content (AvgIpc) is 3.87. The van der Waals surface area contributed by atoms with Crippen LogP contribution in [0.25, 0.3) is 33.3 Å². The molecule has 63 heavy (non-hydrogen) atoms. The first kappa shape index (κ1) is 45.5. The first-order valence-corrected chi connectivity index (χ1v) is 21.7. The van der Waals surface area contributed by atoms with Gasteiger partial charge in [-0.05, 0) is 90.3 Å². The molecule has 3 aliphatic heterocycles. The Labute approximate surface area is 367 Å². The number of aryl methyl sites for hydroxylation is 1. The maximum Gasteiger partial charge on any atom is 0.410 e. The molecule has 338 valence electrons. The second-order valence-corrected chi connectivity index (χ2v) is 18.1. The zero-order valence-corrected chi connectivity index (χ0v) is 37.2. The zero-order chi connectivity index (χ0) is 45.2. The van der Waals surface area contributed by atoms with Crippen molar-refractivity contribution in [3.8, 4) is 28.1 Å². The van der Waals surface area contributed by atoms with E-state index in [1.165, 1.54) is 13.1 Å². The van der Waals surface area contributed by atoms with E-state index < -0.39 is 65.5 Å². The van der Waals surface area contributed by atoms with Gasteiger partial charge in [0.1, 0.15) is 23.9 Å². The lowest BCUT2D eigenvalue weighted by molar-refractivity contribution is -0.168. The maximum atomic E-state index is 14.7. The van der Waals surface area contributed by atoms with Crippen LogP contribution < -0.4 is 10.7 Å². The van der Waals surface area contributed by atoms with Gasteiger partial charge in [-0.3, -0.25) is 29.3 Å². The predicted molar refractivity (Wildman–Crippen MR) is 234 cm³/mol. The highest BCUT2D eigenvalue weighted by molar-refractivity contribution is 5.96. The summed E-state index contributed by atoms with van der Waals surface area (Å²) in [4.78, 5) is 61.8. The van der Waals surface area contributed by atoms with E-state index in [1.54, 1.807) is 39.3 Å². The topological polar surface area (TPSA) is 194 Å². The number of phenolic OH excluding ortho intramolecular Hbond substituents is 1. The van der Waals surface area contributed by atoms with Crippen LogP contribution in [-0.4, -0.2) is 118 Å².